The molecule has 7 nitrogen and oxygen atoms in total. The molecule has 0 saturated carbocycles. The number of carbonyl (C=O) groups excluding carboxylic acids is 1. The Morgan fingerprint density at radius 2 is 1.82 bits per heavy atom. The van der Waals surface area contributed by atoms with Crippen LogP contribution >= 0.6 is 15.9 Å². The number of methoxy groups -OCH3 is 1. The lowest BCUT2D eigenvalue weighted by Gasteiger charge is -2.13. The van der Waals surface area contributed by atoms with E-state index in [0.717, 1.165) is 5.56 Å². The second-order valence-electron chi connectivity index (χ2n) is 6.00. The number of oxime groups is 1. The third-order valence-electron chi connectivity index (χ3n) is 3.94. The third-order valence-corrected chi connectivity index (χ3v) is 5.77. The van der Waals surface area contributed by atoms with Gasteiger partial charge in [-0.05, 0) is 65.7 Å². The molecule has 28 heavy (non-hydrogen) atoms. The van der Waals surface area contributed by atoms with Gasteiger partial charge in [0.15, 0.2) is 11.5 Å². The number of nitrogens with zero attached hydrogens (tertiary/aromatic N) is 1. The Morgan fingerprint density at radius 1 is 1.14 bits per heavy atom. The summed E-state index contributed by atoms with van der Waals surface area (Å²) in [4.78, 5) is 16.4. The lowest BCUT2D eigenvalue weighted by molar-refractivity contribution is -0.136. The first-order valence-corrected chi connectivity index (χ1v) is 10.3. The molecule has 1 aliphatic heterocycles. The van der Waals surface area contributed by atoms with Crippen LogP contribution in [0, 0.1) is 6.92 Å². The summed E-state index contributed by atoms with van der Waals surface area (Å²) < 4.78 is 36.1. The van der Waals surface area contributed by atoms with Gasteiger partial charge in [0.25, 0.3) is 0 Å². The molecule has 0 aromatic heterocycles. The average molecular weight is 466 g/mol. The first-order valence-electron chi connectivity index (χ1n) is 8.08. The van der Waals surface area contributed by atoms with Gasteiger partial charge in [-0.2, -0.15) is 8.42 Å². The molecule has 146 valence electrons. The number of halogens is 1. The summed E-state index contributed by atoms with van der Waals surface area (Å²) in [5.74, 6) is -0.377. The van der Waals surface area contributed by atoms with Crippen molar-refractivity contribution >= 4 is 43.8 Å². The van der Waals surface area contributed by atoms with E-state index in [4.69, 9.17) is 8.92 Å². The van der Waals surface area contributed by atoms with Crippen LogP contribution < -0.4 is 8.92 Å². The van der Waals surface area contributed by atoms with E-state index < -0.39 is 16.1 Å². The zero-order chi connectivity index (χ0) is 20.5. The minimum atomic E-state index is -4.06. The number of benzene rings is 2. The summed E-state index contributed by atoms with van der Waals surface area (Å²) in [6.07, 6.45) is 1.57. The molecule has 0 aliphatic carbocycles. The van der Waals surface area contributed by atoms with Crippen LogP contribution in [0.25, 0.3) is 6.08 Å². The smallest absolute Gasteiger partial charge is 0.367 e. The minimum Gasteiger partial charge on any atom is -0.493 e. The molecule has 1 heterocycles. The van der Waals surface area contributed by atoms with Gasteiger partial charge < -0.3 is 13.8 Å². The molecule has 1 aliphatic rings. The van der Waals surface area contributed by atoms with Gasteiger partial charge in [0.1, 0.15) is 4.90 Å². The molecule has 0 bridgehead atoms. The predicted molar refractivity (Wildman–Crippen MR) is 107 cm³/mol. The summed E-state index contributed by atoms with van der Waals surface area (Å²) in [5.41, 5.74) is 2.25. The van der Waals surface area contributed by atoms with Crippen LogP contribution in [0.1, 0.15) is 18.1 Å². The van der Waals surface area contributed by atoms with E-state index >= 15 is 0 Å². The van der Waals surface area contributed by atoms with Crippen LogP contribution in [0.4, 0.5) is 0 Å². The van der Waals surface area contributed by atoms with E-state index in [1.807, 2.05) is 6.92 Å². The zero-order valence-corrected chi connectivity index (χ0v) is 17.6. The van der Waals surface area contributed by atoms with Crippen LogP contribution in [0.3, 0.4) is 0 Å². The minimum absolute atomic E-state index is 0.00427. The summed E-state index contributed by atoms with van der Waals surface area (Å²) in [7, 11) is -2.67. The largest absolute Gasteiger partial charge is 0.493 e. The average Bonchev–Trinajstić information content (AvgIpc) is 2.96. The Balaban J connectivity index is 1.99. The van der Waals surface area contributed by atoms with E-state index in [1.54, 1.807) is 37.3 Å². The molecule has 0 spiro atoms. The van der Waals surface area contributed by atoms with E-state index in [0.29, 0.717) is 21.3 Å². The highest BCUT2D eigenvalue weighted by Gasteiger charge is 2.24. The maximum atomic E-state index is 12.6. The SMILES string of the molecule is COc1cc(/C=C2/C(=O)ON=C2C)cc(Br)c1OS(=O)(=O)c1ccc(C)cc1. The van der Waals surface area contributed by atoms with Crippen molar-refractivity contribution in [1.29, 1.82) is 0 Å². The maximum Gasteiger partial charge on any atom is 0.367 e. The standard InChI is InChI=1S/C19H16BrNO6S/c1-11-4-6-14(7-5-11)28(23,24)27-18-16(20)9-13(10-17(18)25-3)8-15-12(2)21-26-19(15)22/h4-10H,1-3H3/b15-8+. The van der Waals surface area contributed by atoms with Gasteiger partial charge in [0.2, 0.25) is 0 Å². The monoisotopic (exact) mass is 465 g/mol. The molecular weight excluding hydrogens is 450 g/mol. The van der Waals surface area contributed by atoms with Crippen molar-refractivity contribution in [2.45, 2.75) is 18.7 Å². The van der Waals surface area contributed by atoms with E-state index in [9.17, 15) is 13.2 Å². The van der Waals surface area contributed by atoms with Gasteiger partial charge in [-0.25, -0.2) is 4.79 Å². The highest BCUT2D eigenvalue weighted by Crippen LogP contribution is 2.39. The third kappa shape index (κ3) is 4.10. The summed E-state index contributed by atoms with van der Waals surface area (Å²) in [6.45, 7) is 3.51. The van der Waals surface area contributed by atoms with Crippen molar-refractivity contribution in [2.24, 2.45) is 5.16 Å². The first-order chi connectivity index (χ1) is 13.2. The first kappa shape index (κ1) is 20.1. The topological polar surface area (TPSA) is 91.3 Å². The predicted octanol–water partition coefficient (Wildman–Crippen LogP) is 3.85. The summed E-state index contributed by atoms with van der Waals surface area (Å²) >= 11 is 3.31. The Hall–Kier alpha value is -2.65. The Labute approximate surface area is 170 Å². The Kier molecular flexibility index (Phi) is 5.57. The quantitative estimate of drug-likeness (QED) is 0.378. The normalized spacial score (nSPS) is 15.4. The molecule has 2 aromatic rings. The van der Waals surface area contributed by atoms with Gasteiger partial charge in [-0.15, -0.1) is 0 Å². The fourth-order valence-corrected chi connectivity index (χ4v) is 4.06. The highest BCUT2D eigenvalue weighted by molar-refractivity contribution is 9.10. The molecular formula is C19H16BrNO6S. The van der Waals surface area contributed by atoms with Gasteiger partial charge in [0.05, 0.1) is 22.9 Å². The lowest BCUT2D eigenvalue weighted by atomic mass is 10.1. The van der Waals surface area contributed by atoms with Crippen LogP contribution in [0.2, 0.25) is 0 Å². The lowest BCUT2D eigenvalue weighted by Crippen LogP contribution is -2.11. The van der Waals surface area contributed by atoms with Crippen molar-refractivity contribution in [1.82, 2.24) is 0 Å². The van der Waals surface area contributed by atoms with Crippen molar-refractivity contribution < 1.29 is 27.0 Å². The molecule has 0 radical (unpaired) electrons. The molecule has 0 unspecified atom stereocenters. The van der Waals surface area contributed by atoms with Crippen LogP contribution in [0.15, 0.2) is 56.5 Å². The molecule has 0 atom stereocenters. The number of ether oxygens (including phenoxy) is 1. The van der Waals surface area contributed by atoms with Crippen molar-refractivity contribution in [3.05, 3.63) is 57.6 Å². The van der Waals surface area contributed by atoms with Gasteiger partial charge in [-0.1, -0.05) is 22.9 Å². The molecule has 2 aromatic carbocycles. The van der Waals surface area contributed by atoms with Crippen LogP contribution in [-0.4, -0.2) is 27.2 Å². The number of hydrogen-bond donors (Lipinski definition) is 0. The molecule has 0 amide bonds. The second kappa shape index (κ2) is 7.76. The zero-order valence-electron chi connectivity index (χ0n) is 15.2. The molecule has 9 heteroatoms. The fraction of sp³-hybridized carbons (Fsp3) is 0.158. The summed E-state index contributed by atoms with van der Waals surface area (Å²) in [5, 5.41) is 3.62. The van der Waals surface area contributed by atoms with Crippen LogP contribution in [-0.2, 0) is 19.8 Å². The second-order valence-corrected chi connectivity index (χ2v) is 8.40. The van der Waals surface area contributed by atoms with E-state index in [1.165, 1.54) is 19.2 Å². The maximum absolute atomic E-state index is 12.6. The fourth-order valence-electron chi connectivity index (χ4n) is 2.45. The van der Waals surface area contributed by atoms with Crippen molar-refractivity contribution in [2.75, 3.05) is 7.11 Å². The van der Waals surface area contributed by atoms with Crippen molar-refractivity contribution in [3.8, 4) is 11.5 Å². The molecule has 0 N–H and O–H groups in total. The molecule has 0 saturated heterocycles. The molecule has 0 fully saturated rings. The van der Waals surface area contributed by atoms with Gasteiger partial charge in [0, 0.05) is 0 Å². The van der Waals surface area contributed by atoms with Gasteiger partial charge >= 0.3 is 16.1 Å². The molecule has 3 rings (SSSR count). The Morgan fingerprint density at radius 3 is 2.39 bits per heavy atom. The van der Waals surface area contributed by atoms with Gasteiger partial charge in [-0.3, -0.25) is 0 Å². The number of hydrogen-bond acceptors (Lipinski definition) is 7. The van der Waals surface area contributed by atoms with Crippen molar-refractivity contribution in [3.63, 3.8) is 0 Å². The Bertz CT molecular complexity index is 1100. The highest BCUT2D eigenvalue weighted by atomic mass is 79.9. The number of carbonyl (C=O) groups is 1. The summed E-state index contributed by atoms with van der Waals surface area (Å²) in [6, 6.07) is 9.46. The van der Waals surface area contributed by atoms with E-state index in [2.05, 4.69) is 25.9 Å². The number of rotatable bonds is 5. The van der Waals surface area contributed by atoms with Crippen LogP contribution in [0.5, 0.6) is 11.5 Å². The van der Waals surface area contributed by atoms with E-state index in [-0.39, 0.29) is 16.4 Å². The number of aryl methyl sites for hydroxylation is 1.